The molecule has 0 spiro atoms. The standard InChI is InChI=1S/C19H19N5O/c1-13-7-6-8-14(2)18(13)21-16-11-12-17(24-23-16)22-19(25)20-15-9-4-3-5-10-15/h3-12H,1-2H3,(H,21,23)(H2,20,22,24,25). The van der Waals surface area contributed by atoms with Crippen LogP contribution in [0.5, 0.6) is 0 Å². The van der Waals surface area contributed by atoms with Gasteiger partial charge in [0.25, 0.3) is 0 Å². The third kappa shape index (κ3) is 4.32. The van der Waals surface area contributed by atoms with Crippen LogP contribution in [0.25, 0.3) is 0 Å². The maximum Gasteiger partial charge on any atom is 0.324 e. The summed E-state index contributed by atoms with van der Waals surface area (Å²) < 4.78 is 0. The number of nitrogens with one attached hydrogen (secondary N) is 3. The fourth-order valence-corrected chi connectivity index (χ4v) is 2.41. The number of aryl methyl sites for hydroxylation is 2. The first kappa shape index (κ1) is 16.4. The van der Waals surface area contributed by atoms with E-state index in [4.69, 9.17) is 0 Å². The predicted octanol–water partition coefficient (Wildman–Crippen LogP) is 4.48. The SMILES string of the molecule is Cc1cccc(C)c1Nc1ccc(NC(=O)Nc2ccccc2)nn1. The van der Waals surface area contributed by atoms with Gasteiger partial charge in [-0.05, 0) is 49.2 Å². The second kappa shape index (κ2) is 7.44. The Kier molecular flexibility index (Phi) is 4.89. The van der Waals surface area contributed by atoms with Crippen LogP contribution in [0.3, 0.4) is 0 Å². The van der Waals surface area contributed by atoms with Crippen LogP contribution in [0.2, 0.25) is 0 Å². The lowest BCUT2D eigenvalue weighted by molar-refractivity contribution is 0.262. The van der Waals surface area contributed by atoms with Crippen LogP contribution in [0.1, 0.15) is 11.1 Å². The van der Waals surface area contributed by atoms with Crippen molar-refractivity contribution in [1.82, 2.24) is 10.2 Å². The normalized spacial score (nSPS) is 10.2. The molecule has 0 unspecified atom stereocenters. The van der Waals surface area contributed by atoms with Gasteiger partial charge < -0.3 is 10.6 Å². The minimum absolute atomic E-state index is 0.365. The van der Waals surface area contributed by atoms with Crippen LogP contribution in [0, 0.1) is 13.8 Å². The van der Waals surface area contributed by atoms with Crippen LogP contribution in [0.15, 0.2) is 60.7 Å². The Bertz CT molecular complexity index is 842. The third-order valence-electron chi connectivity index (χ3n) is 3.67. The van der Waals surface area contributed by atoms with Gasteiger partial charge in [-0.3, -0.25) is 5.32 Å². The summed E-state index contributed by atoms with van der Waals surface area (Å²) in [6.45, 7) is 4.07. The van der Waals surface area contributed by atoms with Crippen molar-refractivity contribution in [2.75, 3.05) is 16.0 Å². The Hall–Kier alpha value is -3.41. The number of para-hydroxylation sites is 2. The van der Waals surface area contributed by atoms with Crippen molar-refractivity contribution in [3.63, 3.8) is 0 Å². The van der Waals surface area contributed by atoms with E-state index in [2.05, 4.69) is 26.1 Å². The van der Waals surface area contributed by atoms with Crippen molar-refractivity contribution in [3.05, 3.63) is 71.8 Å². The zero-order valence-electron chi connectivity index (χ0n) is 14.1. The predicted molar refractivity (Wildman–Crippen MR) is 100 cm³/mol. The van der Waals surface area contributed by atoms with Crippen LogP contribution >= 0.6 is 0 Å². The molecule has 0 fully saturated rings. The zero-order chi connectivity index (χ0) is 17.6. The van der Waals surface area contributed by atoms with Crippen LogP contribution in [0.4, 0.5) is 27.8 Å². The number of carbonyl (C=O) groups is 1. The molecular weight excluding hydrogens is 314 g/mol. The molecule has 0 saturated carbocycles. The van der Waals surface area contributed by atoms with Crippen molar-refractivity contribution < 1.29 is 4.79 Å². The summed E-state index contributed by atoms with van der Waals surface area (Å²) in [7, 11) is 0. The molecule has 25 heavy (non-hydrogen) atoms. The highest BCUT2D eigenvalue weighted by Crippen LogP contribution is 2.23. The van der Waals surface area contributed by atoms with E-state index in [1.54, 1.807) is 12.1 Å². The molecule has 1 aromatic heterocycles. The minimum atomic E-state index is -0.365. The van der Waals surface area contributed by atoms with E-state index in [0.29, 0.717) is 17.3 Å². The van der Waals surface area contributed by atoms with Crippen molar-refractivity contribution >= 4 is 29.0 Å². The summed E-state index contributed by atoms with van der Waals surface area (Å²) in [6.07, 6.45) is 0. The van der Waals surface area contributed by atoms with Gasteiger partial charge in [0.2, 0.25) is 0 Å². The number of amides is 2. The van der Waals surface area contributed by atoms with Gasteiger partial charge in [-0.15, -0.1) is 10.2 Å². The Morgan fingerprint density at radius 1 is 0.760 bits per heavy atom. The lowest BCUT2D eigenvalue weighted by Crippen LogP contribution is -2.20. The van der Waals surface area contributed by atoms with E-state index >= 15 is 0 Å². The monoisotopic (exact) mass is 333 g/mol. The average molecular weight is 333 g/mol. The molecule has 2 amide bonds. The molecule has 6 nitrogen and oxygen atoms in total. The number of anilines is 4. The second-order valence-corrected chi connectivity index (χ2v) is 5.64. The summed E-state index contributed by atoms with van der Waals surface area (Å²) in [5, 5.41) is 16.8. The van der Waals surface area contributed by atoms with Crippen molar-refractivity contribution in [3.8, 4) is 0 Å². The van der Waals surface area contributed by atoms with Gasteiger partial charge in [0.15, 0.2) is 11.6 Å². The summed E-state index contributed by atoms with van der Waals surface area (Å²) in [6, 6.07) is 18.4. The van der Waals surface area contributed by atoms with Gasteiger partial charge in [0.05, 0.1) is 0 Å². The lowest BCUT2D eigenvalue weighted by atomic mass is 10.1. The van der Waals surface area contributed by atoms with E-state index in [9.17, 15) is 4.79 Å². The highest BCUT2D eigenvalue weighted by Gasteiger charge is 2.06. The average Bonchev–Trinajstić information content (AvgIpc) is 2.60. The number of nitrogens with zero attached hydrogens (tertiary/aromatic N) is 2. The van der Waals surface area contributed by atoms with Gasteiger partial charge in [-0.1, -0.05) is 36.4 Å². The van der Waals surface area contributed by atoms with Crippen LogP contribution in [-0.4, -0.2) is 16.2 Å². The van der Waals surface area contributed by atoms with E-state index in [-0.39, 0.29) is 6.03 Å². The number of hydrogen-bond acceptors (Lipinski definition) is 4. The number of benzene rings is 2. The van der Waals surface area contributed by atoms with Crippen molar-refractivity contribution in [1.29, 1.82) is 0 Å². The van der Waals surface area contributed by atoms with E-state index in [1.165, 1.54) is 0 Å². The molecule has 6 heteroatoms. The van der Waals surface area contributed by atoms with E-state index < -0.39 is 0 Å². The molecule has 3 rings (SSSR count). The molecule has 3 aromatic rings. The maximum atomic E-state index is 11.9. The molecule has 0 bridgehead atoms. The first-order valence-corrected chi connectivity index (χ1v) is 7.92. The number of carbonyl (C=O) groups excluding carboxylic acids is 1. The topological polar surface area (TPSA) is 78.9 Å². The molecule has 0 aliphatic carbocycles. The van der Waals surface area contributed by atoms with E-state index in [0.717, 1.165) is 16.8 Å². The zero-order valence-corrected chi connectivity index (χ0v) is 14.1. The van der Waals surface area contributed by atoms with Crippen molar-refractivity contribution in [2.45, 2.75) is 13.8 Å². The Morgan fingerprint density at radius 3 is 2.04 bits per heavy atom. The molecule has 0 saturated heterocycles. The molecule has 0 atom stereocenters. The molecule has 3 N–H and O–H groups in total. The highest BCUT2D eigenvalue weighted by molar-refractivity contribution is 5.99. The highest BCUT2D eigenvalue weighted by atomic mass is 16.2. The molecule has 1 heterocycles. The first-order chi connectivity index (χ1) is 12.1. The second-order valence-electron chi connectivity index (χ2n) is 5.64. The van der Waals surface area contributed by atoms with Crippen LogP contribution < -0.4 is 16.0 Å². The smallest absolute Gasteiger partial charge is 0.324 e. The summed E-state index contributed by atoms with van der Waals surface area (Å²) in [4.78, 5) is 11.9. The molecular formula is C19H19N5O. The molecule has 2 aromatic carbocycles. The molecule has 0 radical (unpaired) electrons. The summed E-state index contributed by atoms with van der Waals surface area (Å²) in [5.74, 6) is 0.993. The quantitative estimate of drug-likeness (QED) is 0.657. The summed E-state index contributed by atoms with van der Waals surface area (Å²) >= 11 is 0. The fourth-order valence-electron chi connectivity index (χ4n) is 2.41. The number of rotatable bonds is 4. The van der Waals surface area contributed by atoms with Gasteiger partial charge in [0.1, 0.15) is 0 Å². The molecule has 0 aliphatic rings. The molecule has 126 valence electrons. The van der Waals surface area contributed by atoms with Gasteiger partial charge in [-0.25, -0.2) is 4.79 Å². The Balaban J connectivity index is 1.63. The summed E-state index contributed by atoms with van der Waals surface area (Å²) in [5.41, 5.74) is 3.98. The number of aromatic nitrogens is 2. The minimum Gasteiger partial charge on any atom is -0.338 e. The third-order valence-corrected chi connectivity index (χ3v) is 3.67. The molecule has 0 aliphatic heterocycles. The first-order valence-electron chi connectivity index (χ1n) is 7.92. The largest absolute Gasteiger partial charge is 0.338 e. The number of urea groups is 1. The number of hydrogen-bond donors (Lipinski definition) is 3. The van der Waals surface area contributed by atoms with Gasteiger partial charge >= 0.3 is 6.03 Å². The van der Waals surface area contributed by atoms with E-state index in [1.807, 2.05) is 62.4 Å². The maximum absolute atomic E-state index is 11.9. The Labute approximate surface area is 146 Å². The van der Waals surface area contributed by atoms with Gasteiger partial charge in [0, 0.05) is 11.4 Å². The van der Waals surface area contributed by atoms with Crippen molar-refractivity contribution in [2.24, 2.45) is 0 Å². The van der Waals surface area contributed by atoms with Gasteiger partial charge in [-0.2, -0.15) is 0 Å². The lowest BCUT2D eigenvalue weighted by Gasteiger charge is -2.12. The fraction of sp³-hybridized carbons (Fsp3) is 0.105. The van der Waals surface area contributed by atoms with Crippen LogP contribution in [-0.2, 0) is 0 Å². The Morgan fingerprint density at radius 2 is 1.40 bits per heavy atom.